The molecule has 2 aromatic carbocycles. The number of amides is 2. The fraction of sp³-hybridized carbons (Fsp3) is 0.407. The summed E-state index contributed by atoms with van der Waals surface area (Å²) in [4.78, 5) is 26.6. The van der Waals surface area contributed by atoms with Crippen molar-refractivity contribution >= 4 is 34.4 Å². The number of methoxy groups -OCH3 is 1. The Morgan fingerprint density at radius 3 is 2.45 bits per heavy atom. The third-order valence-corrected chi connectivity index (χ3v) is 7.01. The lowest BCUT2D eigenvalue weighted by Gasteiger charge is -2.41. The van der Waals surface area contributed by atoms with Crippen LogP contribution in [0.15, 0.2) is 54.1 Å². The fourth-order valence-corrected chi connectivity index (χ4v) is 5.14. The molecule has 1 aliphatic rings. The van der Waals surface area contributed by atoms with Crippen LogP contribution < -0.4 is 14.8 Å². The van der Waals surface area contributed by atoms with E-state index in [0.717, 1.165) is 0 Å². The molecule has 2 amide bonds. The summed E-state index contributed by atoms with van der Waals surface area (Å²) in [6, 6.07) is 9.85. The number of hydrogen-bond donors (Lipinski definition) is 4. The SMILES string of the molecule is COc1cc(CO)cc(I)c1OC1C=C(C(=O)NCCO)CC(N(CC(F)(F)F)C(=O)Cc2ccccc2)C1O. The highest BCUT2D eigenvalue weighted by Crippen LogP contribution is 2.37. The molecule has 1 aliphatic carbocycles. The molecule has 0 saturated carbocycles. The predicted molar refractivity (Wildman–Crippen MR) is 147 cm³/mol. The van der Waals surface area contributed by atoms with Gasteiger partial charge in [-0.3, -0.25) is 9.59 Å². The van der Waals surface area contributed by atoms with Crippen LogP contribution in [-0.4, -0.2) is 83.3 Å². The van der Waals surface area contributed by atoms with Gasteiger partial charge in [0.25, 0.3) is 0 Å². The van der Waals surface area contributed by atoms with Crippen molar-refractivity contribution in [1.29, 1.82) is 0 Å². The first-order valence-electron chi connectivity index (χ1n) is 12.3. The van der Waals surface area contributed by atoms with E-state index < -0.39 is 42.8 Å². The second kappa shape index (κ2) is 14.1. The highest BCUT2D eigenvalue weighted by atomic mass is 127. The van der Waals surface area contributed by atoms with E-state index >= 15 is 0 Å². The number of rotatable bonds is 11. The Balaban J connectivity index is 2.02. The minimum absolute atomic E-state index is 0.0191. The van der Waals surface area contributed by atoms with E-state index in [1.165, 1.54) is 19.3 Å². The van der Waals surface area contributed by atoms with Crippen molar-refractivity contribution in [1.82, 2.24) is 10.2 Å². The Kier molecular flexibility index (Phi) is 11.2. The van der Waals surface area contributed by atoms with Crippen molar-refractivity contribution in [3.05, 3.63) is 68.8 Å². The minimum atomic E-state index is -4.79. The lowest BCUT2D eigenvalue weighted by Crippen LogP contribution is -2.57. The van der Waals surface area contributed by atoms with E-state index in [4.69, 9.17) is 14.6 Å². The first kappa shape index (κ1) is 31.6. The summed E-state index contributed by atoms with van der Waals surface area (Å²) < 4.78 is 53.0. The Morgan fingerprint density at radius 1 is 1.15 bits per heavy atom. The second-order valence-corrected chi connectivity index (χ2v) is 10.2. The van der Waals surface area contributed by atoms with Crippen LogP contribution in [0, 0.1) is 3.57 Å². The maximum Gasteiger partial charge on any atom is 0.406 e. The highest BCUT2D eigenvalue weighted by molar-refractivity contribution is 14.1. The van der Waals surface area contributed by atoms with Gasteiger partial charge in [-0.05, 0) is 51.9 Å². The van der Waals surface area contributed by atoms with Crippen LogP contribution in [0.4, 0.5) is 13.2 Å². The van der Waals surface area contributed by atoms with Gasteiger partial charge in [0.2, 0.25) is 11.8 Å². The Morgan fingerprint density at radius 2 is 1.85 bits per heavy atom. The molecule has 0 radical (unpaired) electrons. The normalized spacial score (nSPS) is 19.0. The van der Waals surface area contributed by atoms with Crippen molar-refractivity contribution in [2.45, 2.75) is 43.9 Å². The van der Waals surface area contributed by atoms with Crippen molar-refractivity contribution < 1.29 is 47.6 Å². The first-order chi connectivity index (χ1) is 19.0. The lowest BCUT2D eigenvalue weighted by molar-refractivity contribution is -0.172. The fourth-order valence-electron chi connectivity index (χ4n) is 4.35. The Bertz CT molecular complexity index is 1210. The molecule has 0 aliphatic heterocycles. The summed E-state index contributed by atoms with van der Waals surface area (Å²) in [7, 11) is 1.36. The van der Waals surface area contributed by atoms with E-state index in [2.05, 4.69) is 5.32 Å². The average molecular weight is 678 g/mol. The van der Waals surface area contributed by atoms with E-state index in [1.807, 2.05) is 22.6 Å². The van der Waals surface area contributed by atoms with Crippen molar-refractivity contribution in [3.8, 4) is 11.5 Å². The molecule has 0 fully saturated rings. The molecule has 3 atom stereocenters. The molecule has 4 N–H and O–H groups in total. The van der Waals surface area contributed by atoms with E-state index in [9.17, 15) is 33.0 Å². The van der Waals surface area contributed by atoms with E-state index in [0.29, 0.717) is 19.6 Å². The van der Waals surface area contributed by atoms with E-state index in [-0.39, 0.29) is 49.7 Å². The second-order valence-electron chi connectivity index (χ2n) is 9.08. The third-order valence-electron chi connectivity index (χ3n) is 6.21. The molecular weight excluding hydrogens is 648 g/mol. The van der Waals surface area contributed by atoms with Crippen LogP contribution in [-0.2, 0) is 22.6 Å². The molecule has 0 spiro atoms. The molecule has 0 saturated heterocycles. The zero-order valence-electron chi connectivity index (χ0n) is 21.5. The van der Waals surface area contributed by atoms with Crippen molar-refractivity contribution in [2.24, 2.45) is 0 Å². The van der Waals surface area contributed by atoms with Gasteiger partial charge in [-0.1, -0.05) is 30.3 Å². The van der Waals surface area contributed by atoms with Gasteiger partial charge < -0.3 is 35.0 Å². The highest BCUT2D eigenvalue weighted by Gasteiger charge is 2.44. The number of carbonyl (C=O) groups excluding carboxylic acids is 2. The molecule has 218 valence electrons. The smallest absolute Gasteiger partial charge is 0.406 e. The van der Waals surface area contributed by atoms with Crippen molar-refractivity contribution in [2.75, 3.05) is 26.8 Å². The monoisotopic (exact) mass is 678 g/mol. The topological polar surface area (TPSA) is 129 Å². The number of nitrogens with zero attached hydrogens (tertiary/aromatic N) is 1. The minimum Gasteiger partial charge on any atom is -0.493 e. The molecule has 2 aromatic rings. The number of carbonyl (C=O) groups is 2. The van der Waals surface area contributed by atoms with Gasteiger partial charge in [0.05, 0.1) is 36.4 Å². The Hall–Kier alpha value is -2.88. The number of ether oxygens (including phenoxy) is 2. The van der Waals surface area contributed by atoms with Crippen LogP contribution in [0.3, 0.4) is 0 Å². The van der Waals surface area contributed by atoms with Gasteiger partial charge in [0, 0.05) is 18.5 Å². The summed E-state index contributed by atoms with van der Waals surface area (Å²) in [5.74, 6) is -1.24. The third kappa shape index (κ3) is 8.32. The van der Waals surface area contributed by atoms with Gasteiger partial charge in [-0.2, -0.15) is 13.2 Å². The first-order valence-corrected chi connectivity index (χ1v) is 13.4. The number of nitrogens with one attached hydrogen (secondary N) is 1. The molecule has 0 aromatic heterocycles. The lowest BCUT2D eigenvalue weighted by atomic mass is 9.87. The predicted octanol–water partition coefficient (Wildman–Crippen LogP) is 2.34. The number of benzene rings is 2. The zero-order valence-corrected chi connectivity index (χ0v) is 23.7. The van der Waals surface area contributed by atoms with Crippen LogP contribution in [0.5, 0.6) is 11.5 Å². The molecule has 0 bridgehead atoms. The number of halogens is 4. The van der Waals surface area contributed by atoms with Crippen LogP contribution in [0.1, 0.15) is 17.5 Å². The molecular formula is C27H30F3IN2O7. The van der Waals surface area contributed by atoms with Gasteiger partial charge in [-0.25, -0.2) is 0 Å². The molecule has 40 heavy (non-hydrogen) atoms. The van der Waals surface area contributed by atoms with Gasteiger partial charge in [0.1, 0.15) is 18.8 Å². The quantitative estimate of drug-likeness (QED) is 0.269. The molecule has 3 unspecified atom stereocenters. The van der Waals surface area contributed by atoms with Gasteiger partial charge >= 0.3 is 6.18 Å². The summed E-state index contributed by atoms with van der Waals surface area (Å²) in [5, 5.41) is 32.4. The standard InChI is InChI=1S/C27H30F3IN2O7/c1-39-22-10-17(14-35)9-19(31)25(22)40-21-13-18(26(38)32-7-8-34)12-20(24(21)37)33(15-27(28,29)30)23(36)11-16-5-3-2-4-6-16/h2-6,9-10,13,20-21,24,34-35,37H,7-8,11-12,14-15H2,1H3,(H,32,38). The number of alkyl halides is 3. The van der Waals surface area contributed by atoms with Crippen molar-refractivity contribution in [3.63, 3.8) is 0 Å². The summed E-state index contributed by atoms with van der Waals surface area (Å²) in [6.45, 7) is -2.41. The molecule has 0 heterocycles. The Labute approximate surface area is 242 Å². The number of aliphatic hydroxyl groups excluding tert-OH is 3. The summed E-state index contributed by atoms with van der Waals surface area (Å²) >= 11 is 1.92. The molecule has 13 heteroatoms. The van der Waals surface area contributed by atoms with Gasteiger partial charge in [0.15, 0.2) is 11.5 Å². The van der Waals surface area contributed by atoms with Crippen LogP contribution in [0.2, 0.25) is 0 Å². The van der Waals surface area contributed by atoms with Crippen LogP contribution in [0.25, 0.3) is 0 Å². The van der Waals surface area contributed by atoms with E-state index in [1.54, 1.807) is 36.4 Å². The van der Waals surface area contributed by atoms with Gasteiger partial charge in [-0.15, -0.1) is 0 Å². The average Bonchev–Trinajstić information content (AvgIpc) is 2.92. The maximum atomic E-state index is 13.7. The largest absolute Gasteiger partial charge is 0.493 e. The molecule has 3 rings (SSSR count). The zero-order chi connectivity index (χ0) is 29.4. The number of aliphatic hydroxyl groups is 3. The summed E-state index contributed by atoms with van der Waals surface area (Å²) in [5.41, 5.74) is 0.977. The summed E-state index contributed by atoms with van der Waals surface area (Å²) in [6.07, 6.45) is -7.24. The maximum absolute atomic E-state index is 13.7. The molecule has 9 nitrogen and oxygen atoms in total. The number of hydrogen-bond acceptors (Lipinski definition) is 7. The van der Waals surface area contributed by atoms with Crippen LogP contribution >= 0.6 is 22.6 Å².